The molecule has 1 aliphatic heterocycles. The highest BCUT2D eigenvalue weighted by Gasteiger charge is 2.13. The monoisotopic (exact) mass is 414 g/mol. The number of fused-ring (bicyclic) bond motifs is 1. The summed E-state index contributed by atoms with van der Waals surface area (Å²) in [5, 5.41) is 8.28. The van der Waals surface area contributed by atoms with Crippen molar-refractivity contribution in [2.75, 3.05) is 24.4 Å². The number of hydrogen-bond acceptors (Lipinski definition) is 4. The number of thiocarbonyl (C=S) groups is 1. The first kappa shape index (κ1) is 18.5. The molecule has 0 aliphatic carbocycles. The number of nitrogens with one attached hydrogen (secondary N) is 2. The van der Waals surface area contributed by atoms with E-state index in [4.69, 9.17) is 44.9 Å². The zero-order chi connectivity index (χ0) is 17.6. The summed E-state index contributed by atoms with van der Waals surface area (Å²) in [5.41, 5.74) is 1.83. The summed E-state index contributed by atoms with van der Waals surface area (Å²) in [6.45, 7) is 0.997. The van der Waals surface area contributed by atoms with Gasteiger partial charge in [-0.15, -0.1) is 0 Å². The molecule has 8 heteroatoms. The van der Waals surface area contributed by atoms with Gasteiger partial charge in [-0.25, -0.2) is 0 Å². The highest BCUT2D eigenvalue weighted by molar-refractivity contribution is 7.98. The molecule has 2 aromatic carbocycles. The van der Waals surface area contributed by atoms with Crippen LogP contribution in [0.4, 0.5) is 5.69 Å². The van der Waals surface area contributed by atoms with Crippen molar-refractivity contribution in [2.24, 2.45) is 0 Å². The minimum absolute atomic E-state index is 0.258. The van der Waals surface area contributed by atoms with Gasteiger partial charge in [-0.3, -0.25) is 0 Å². The molecule has 2 aromatic rings. The van der Waals surface area contributed by atoms with Gasteiger partial charge in [0.15, 0.2) is 16.6 Å². The van der Waals surface area contributed by atoms with Crippen LogP contribution in [0.25, 0.3) is 0 Å². The van der Waals surface area contributed by atoms with Crippen LogP contribution in [0.15, 0.2) is 36.4 Å². The molecule has 0 atom stereocenters. The van der Waals surface area contributed by atoms with E-state index in [1.165, 1.54) is 0 Å². The molecule has 25 heavy (non-hydrogen) atoms. The molecule has 0 unspecified atom stereocenters. The molecule has 0 amide bonds. The summed E-state index contributed by atoms with van der Waals surface area (Å²) in [6.07, 6.45) is 0. The molecule has 132 valence electrons. The standard InChI is InChI=1S/C17H16Cl2N2O2S2/c18-13-2-1-3-14(19)12(13)9-25-7-6-20-17(24)21-11-4-5-15-16(8-11)23-10-22-15/h1-5,8H,6-7,9-10H2,(H2,20,21,24). The van der Waals surface area contributed by atoms with Crippen LogP contribution in [0.3, 0.4) is 0 Å². The summed E-state index contributed by atoms with van der Waals surface area (Å²) in [6, 6.07) is 11.2. The number of ether oxygens (including phenoxy) is 2. The summed E-state index contributed by atoms with van der Waals surface area (Å²) in [4.78, 5) is 0. The van der Waals surface area contributed by atoms with Crippen LogP contribution in [0, 0.1) is 0 Å². The van der Waals surface area contributed by atoms with Crippen LogP contribution >= 0.6 is 47.2 Å². The molecule has 0 radical (unpaired) electrons. The zero-order valence-corrected chi connectivity index (χ0v) is 16.3. The van der Waals surface area contributed by atoms with Gasteiger partial charge in [0, 0.05) is 39.8 Å². The van der Waals surface area contributed by atoms with Gasteiger partial charge in [0.25, 0.3) is 0 Å². The van der Waals surface area contributed by atoms with Gasteiger partial charge in [0.05, 0.1) is 0 Å². The Balaban J connectivity index is 1.38. The van der Waals surface area contributed by atoms with Crippen LogP contribution in [0.5, 0.6) is 11.5 Å². The van der Waals surface area contributed by atoms with Crippen LogP contribution < -0.4 is 20.1 Å². The highest BCUT2D eigenvalue weighted by atomic mass is 35.5. The van der Waals surface area contributed by atoms with Gasteiger partial charge in [0.1, 0.15) is 0 Å². The number of rotatable bonds is 6. The zero-order valence-electron chi connectivity index (χ0n) is 13.2. The van der Waals surface area contributed by atoms with E-state index in [0.717, 1.165) is 40.8 Å². The molecule has 1 heterocycles. The van der Waals surface area contributed by atoms with E-state index in [1.54, 1.807) is 11.8 Å². The molecule has 2 N–H and O–H groups in total. The predicted octanol–water partition coefficient (Wildman–Crippen LogP) is 4.94. The summed E-state index contributed by atoms with van der Waals surface area (Å²) in [7, 11) is 0. The lowest BCUT2D eigenvalue weighted by atomic mass is 10.2. The fourth-order valence-electron chi connectivity index (χ4n) is 2.23. The third kappa shape index (κ3) is 5.07. The first-order valence-electron chi connectivity index (χ1n) is 7.58. The van der Waals surface area contributed by atoms with Gasteiger partial charge >= 0.3 is 0 Å². The summed E-state index contributed by atoms with van der Waals surface area (Å²) >= 11 is 19.4. The number of hydrogen-bond donors (Lipinski definition) is 2. The summed E-state index contributed by atoms with van der Waals surface area (Å²) in [5.74, 6) is 3.12. The fraction of sp³-hybridized carbons (Fsp3) is 0.235. The van der Waals surface area contributed by atoms with E-state index in [0.29, 0.717) is 15.2 Å². The second-order valence-corrected chi connectivity index (χ2v) is 7.53. The maximum atomic E-state index is 6.16. The molecule has 0 spiro atoms. The minimum atomic E-state index is 0.258. The normalized spacial score (nSPS) is 12.1. The number of thioether (sulfide) groups is 1. The molecule has 0 saturated heterocycles. The van der Waals surface area contributed by atoms with Crippen LogP contribution in [0.1, 0.15) is 5.56 Å². The third-order valence-corrected chi connectivity index (χ3v) is 5.41. The lowest BCUT2D eigenvalue weighted by Crippen LogP contribution is -2.30. The van der Waals surface area contributed by atoms with Crippen molar-refractivity contribution < 1.29 is 9.47 Å². The Morgan fingerprint density at radius 3 is 2.68 bits per heavy atom. The second-order valence-electron chi connectivity index (χ2n) is 5.20. The highest BCUT2D eigenvalue weighted by Crippen LogP contribution is 2.34. The van der Waals surface area contributed by atoms with Crippen molar-refractivity contribution in [3.05, 3.63) is 52.0 Å². The maximum Gasteiger partial charge on any atom is 0.231 e. The van der Waals surface area contributed by atoms with Crippen molar-refractivity contribution in [1.82, 2.24) is 5.32 Å². The predicted molar refractivity (Wildman–Crippen MR) is 109 cm³/mol. The first-order chi connectivity index (χ1) is 12.1. The van der Waals surface area contributed by atoms with E-state index in [-0.39, 0.29) is 6.79 Å². The van der Waals surface area contributed by atoms with Gasteiger partial charge in [-0.1, -0.05) is 29.3 Å². The third-order valence-electron chi connectivity index (χ3n) is 3.47. The van der Waals surface area contributed by atoms with E-state index in [2.05, 4.69) is 10.6 Å². The van der Waals surface area contributed by atoms with Gasteiger partial charge in [0.2, 0.25) is 6.79 Å². The van der Waals surface area contributed by atoms with E-state index in [1.807, 2.05) is 36.4 Å². The smallest absolute Gasteiger partial charge is 0.231 e. The molecule has 0 aromatic heterocycles. The Morgan fingerprint density at radius 2 is 1.88 bits per heavy atom. The largest absolute Gasteiger partial charge is 0.454 e. The maximum absolute atomic E-state index is 6.16. The van der Waals surface area contributed by atoms with Gasteiger partial charge in [-0.2, -0.15) is 11.8 Å². The molecule has 0 saturated carbocycles. The van der Waals surface area contributed by atoms with Crippen molar-refractivity contribution in [1.29, 1.82) is 0 Å². The van der Waals surface area contributed by atoms with E-state index >= 15 is 0 Å². The van der Waals surface area contributed by atoms with Crippen LogP contribution in [-0.2, 0) is 5.75 Å². The lowest BCUT2D eigenvalue weighted by Gasteiger charge is -2.11. The van der Waals surface area contributed by atoms with Crippen LogP contribution in [-0.4, -0.2) is 24.2 Å². The Hall–Kier alpha value is -1.34. The van der Waals surface area contributed by atoms with Crippen molar-refractivity contribution in [2.45, 2.75) is 5.75 Å². The lowest BCUT2D eigenvalue weighted by molar-refractivity contribution is 0.174. The van der Waals surface area contributed by atoms with Crippen molar-refractivity contribution in [3.8, 4) is 11.5 Å². The molecule has 1 aliphatic rings. The van der Waals surface area contributed by atoms with E-state index in [9.17, 15) is 0 Å². The van der Waals surface area contributed by atoms with Crippen LogP contribution in [0.2, 0.25) is 10.0 Å². The average molecular weight is 415 g/mol. The number of halogens is 2. The molecule has 0 bridgehead atoms. The van der Waals surface area contributed by atoms with Crippen molar-refractivity contribution in [3.63, 3.8) is 0 Å². The van der Waals surface area contributed by atoms with E-state index < -0.39 is 0 Å². The SMILES string of the molecule is S=C(NCCSCc1c(Cl)cccc1Cl)Nc1ccc2c(c1)OCO2. The van der Waals surface area contributed by atoms with Gasteiger partial charge < -0.3 is 20.1 Å². The molecular formula is C17H16Cl2N2O2S2. The molecule has 0 fully saturated rings. The second kappa shape index (κ2) is 8.85. The Morgan fingerprint density at radius 1 is 1.12 bits per heavy atom. The Kier molecular flexibility index (Phi) is 6.53. The Labute approximate surface area is 166 Å². The van der Waals surface area contributed by atoms with Gasteiger partial charge in [-0.05, 0) is 42.0 Å². The average Bonchev–Trinajstić information content (AvgIpc) is 3.04. The fourth-order valence-corrected chi connectivity index (χ4v) is 4.05. The first-order valence-corrected chi connectivity index (χ1v) is 9.90. The summed E-state index contributed by atoms with van der Waals surface area (Å²) < 4.78 is 10.6. The molecule has 3 rings (SSSR count). The molecular weight excluding hydrogens is 399 g/mol. The number of anilines is 1. The van der Waals surface area contributed by atoms with Crippen molar-refractivity contribution >= 4 is 58.0 Å². The quantitative estimate of drug-likeness (QED) is 0.515. The number of benzene rings is 2. The minimum Gasteiger partial charge on any atom is -0.454 e. The topological polar surface area (TPSA) is 42.5 Å². The Bertz CT molecular complexity index is 754. The molecule has 4 nitrogen and oxygen atoms in total.